The summed E-state index contributed by atoms with van der Waals surface area (Å²) in [5, 5.41) is 12.0. The minimum absolute atomic E-state index is 0.291. The minimum Gasteiger partial charge on any atom is -0.396 e. The molecule has 0 spiro atoms. The molecule has 4 heteroatoms. The molecule has 1 atom stereocenters. The zero-order chi connectivity index (χ0) is 11.1. The highest BCUT2D eigenvalue weighted by atomic mass is 16.2. The lowest BCUT2D eigenvalue weighted by molar-refractivity contribution is 0.282. The number of hydrogen-bond acceptors (Lipinski definition) is 3. The average molecular weight is 211 g/mol. The molecule has 0 amide bonds. The molecular weight excluding hydrogens is 190 g/mol. The molecule has 86 valence electrons. The maximum absolute atomic E-state index is 8.63. The molecule has 1 rings (SSSR count). The van der Waals surface area contributed by atoms with Crippen LogP contribution in [-0.2, 0) is 7.05 Å². The molecule has 2 N–H and O–H groups in total. The SMILES string of the molecule is CC(NCCCCCO)c1nccn1C. The first-order chi connectivity index (χ1) is 7.25. The first-order valence-corrected chi connectivity index (χ1v) is 5.57. The summed E-state index contributed by atoms with van der Waals surface area (Å²) in [7, 11) is 2.01. The number of imidazole rings is 1. The van der Waals surface area contributed by atoms with Crippen LogP contribution in [0.1, 0.15) is 38.1 Å². The van der Waals surface area contributed by atoms with Crippen molar-refractivity contribution in [3.8, 4) is 0 Å². The van der Waals surface area contributed by atoms with Crippen molar-refractivity contribution in [3.63, 3.8) is 0 Å². The van der Waals surface area contributed by atoms with E-state index in [9.17, 15) is 0 Å². The quantitative estimate of drug-likeness (QED) is 0.667. The van der Waals surface area contributed by atoms with Crippen LogP contribution in [0.5, 0.6) is 0 Å². The fourth-order valence-electron chi connectivity index (χ4n) is 1.62. The Bertz CT molecular complexity index is 273. The van der Waals surface area contributed by atoms with E-state index >= 15 is 0 Å². The van der Waals surface area contributed by atoms with Crippen molar-refractivity contribution in [2.75, 3.05) is 13.2 Å². The Balaban J connectivity index is 2.19. The predicted octanol–water partition coefficient (Wildman–Crippen LogP) is 1.23. The Morgan fingerprint density at radius 3 is 2.87 bits per heavy atom. The van der Waals surface area contributed by atoms with Gasteiger partial charge in [0.25, 0.3) is 0 Å². The lowest BCUT2D eigenvalue weighted by atomic mass is 10.2. The Labute approximate surface area is 91.3 Å². The maximum Gasteiger partial charge on any atom is 0.125 e. The smallest absolute Gasteiger partial charge is 0.125 e. The molecule has 1 unspecified atom stereocenters. The van der Waals surface area contributed by atoms with Crippen LogP contribution in [-0.4, -0.2) is 27.8 Å². The van der Waals surface area contributed by atoms with Gasteiger partial charge in [-0.15, -0.1) is 0 Å². The molecule has 0 aliphatic carbocycles. The normalized spacial score (nSPS) is 13.0. The number of aliphatic hydroxyl groups excluding tert-OH is 1. The van der Waals surface area contributed by atoms with E-state index in [-0.39, 0.29) is 0 Å². The van der Waals surface area contributed by atoms with E-state index in [1.807, 2.05) is 24.0 Å². The van der Waals surface area contributed by atoms with Crippen molar-refractivity contribution in [3.05, 3.63) is 18.2 Å². The van der Waals surface area contributed by atoms with E-state index in [0.717, 1.165) is 31.6 Å². The number of nitrogens with one attached hydrogen (secondary N) is 1. The molecule has 0 aliphatic heterocycles. The summed E-state index contributed by atoms with van der Waals surface area (Å²) in [5.41, 5.74) is 0. The third kappa shape index (κ3) is 4.01. The van der Waals surface area contributed by atoms with Crippen LogP contribution >= 0.6 is 0 Å². The molecule has 0 bridgehead atoms. The molecule has 0 aromatic carbocycles. The Hall–Kier alpha value is -0.870. The number of hydrogen-bond donors (Lipinski definition) is 2. The first kappa shape index (κ1) is 12.2. The lowest BCUT2D eigenvalue weighted by Gasteiger charge is -2.13. The second-order valence-corrected chi connectivity index (χ2v) is 3.86. The molecule has 1 aromatic rings. The highest BCUT2D eigenvalue weighted by molar-refractivity contribution is 4.96. The molecule has 1 aromatic heterocycles. The second-order valence-electron chi connectivity index (χ2n) is 3.86. The van der Waals surface area contributed by atoms with Gasteiger partial charge in [-0.05, 0) is 32.7 Å². The summed E-state index contributed by atoms with van der Waals surface area (Å²) in [6.07, 6.45) is 6.86. The van der Waals surface area contributed by atoms with Crippen molar-refractivity contribution in [2.45, 2.75) is 32.2 Å². The zero-order valence-corrected chi connectivity index (χ0v) is 9.61. The number of aryl methyl sites for hydroxylation is 1. The van der Waals surface area contributed by atoms with Crippen LogP contribution in [0.2, 0.25) is 0 Å². The van der Waals surface area contributed by atoms with Crippen molar-refractivity contribution >= 4 is 0 Å². The van der Waals surface area contributed by atoms with Crippen LogP contribution in [0, 0.1) is 0 Å². The van der Waals surface area contributed by atoms with Gasteiger partial charge < -0.3 is 15.0 Å². The van der Waals surface area contributed by atoms with Crippen molar-refractivity contribution < 1.29 is 5.11 Å². The van der Waals surface area contributed by atoms with Gasteiger partial charge in [0.1, 0.15) is 5.82 Å². The predicted molar refractivity (Wildman–Crippen MR) is 60.6 cm³/mol. The molecule has 0 saturated heterocycles. The van der Waals surface area contributed by atoms with Gasteiger partial charge in [-0.2, -0.15) is 0 Å². The number of aliphatic hydroxyl groups is 1. The maximum atomic E-state index is 8.63. The summed E-state index contributed by atoms with van der Waals surface area (Å²) in [6, 6.07) is 0.291. The third-order valence-corrected chi connectivity index (χ3v) is 2.53. The highest BCUT2D eigenvalue weighted by Crippen LogP contribution is 2.08. The Morgan fingerprint density at radius 1 is 1.47 bits per heavy atom. The van der Waals surface area contributed by atoms with E-state index in [1.165, 1.54) is 0 Å². The summed E-state index contributed by atoms with van der Waals surface area (Å²) >= 11 is 0. The summed E-state index contributed by atoms with van der Waals surface area (Å²) in [4.78, 5) is 4.29. The lowest BCUT2D eigenvalue weighted by Crippen LogP contribution is -2.22. The molecule has 4 nitrogen and oxygen atoms in total. The monoisotopic (exact) mass is 211 g/mol. The molecule has 15 heavy (non-hydrogen) atoms. The van der Waals surface area contributed by atoms with E-state index < -0.39 is 0 Å². The van der Waals surface area contributed by atoms with E-state index in [4.69, 9.17) is 5.11 Å². The van der Waals surface area contributed by atoms with Gasteiger partial charge in [0.2, 0.25) is 0 Å². The Kier molecular flexibility index (Phi) is 5.36. The molecule has 0 fully saturated rings. The summed E-state index contributed by atoms with van der Waals surface area (Å²) in [5.74, 6) is 1.07. The summed E-state index contributed by atoms with van der Waals surface area (Å²) in [6.45, 7) is 3.40. The van der Waals surface area contributed by atoms with Gasteiger partial charge in [-0.25, -0.2) is 4.98 Å². The fraction of sp³-hybridized carbons (Fsp3) is 0.727. The van der Waals surface area contributed by atoms with Gasteiger partial charge in [0.15, 0.2) is 0 Å². The number of nitrogens with zero attached hydrogens (tertiary/aromatic N) is 2. The van der Waals surface area contributed by atoms with Crippen molar-refractivity contribution in [2.24, 2.45) is 7.05 Å². The molecule has 0 radical (unpaired) electrons. The number of rotatable bonds is 7. The van der Waals surface area contributed by atoms with E-state index in [1.54, 1.807) is 0 Å². The largest absolute Gasteiger partial charge is 0.396 e. The van der Waals surface area contributed by atoms with Crippen molar-refractivity contribution in [1.29, 1.82) is 0 Å². The first-order valence-electron chi connectivity index (χ1n) is 5.57. The van der Waals surface area contributed by atoms with Gasteiger partial charge in [0.05, 0.1) is 6.04 Å². The second kappa shape index (κ2) is 6.58. The topological polar surface area (TPSA) is 50.1 Å². The van der Waals surface area contributed by atoms with Gasteiger partial charge in [-0.3, -0.25) is 0 Å². The molecule has 1 heterocycles. The standard InChI is InChI=1S/C11H21N3O/c1-10(11-13-7-8-14(11)2)12-6-4-3-5-9-15/h7-8,10,12,15H,3-6,9H2,1-2H3. The molecule has 0 aliphatic rings. The molecular formula is C11H21N3O. The van der Waals surface area contributed by atoms with Gasteiger partial charge in [0, 0.05) is 26.0 Å². The number of aromatic nitrogens is 2. The minimum atomic E-state index is 0.291. The highest BCUT2D eigenvalue weighted by Gasteiger charge is 2.08. The van der Waals surface area contributed by atoms with Crippen LogP contribution < -0.4 is 5.32 Å². The van der Waals surface area contributed by atoms with Crippen LogP contribution in [0.4, 0.5) is 0 Å². The van der Waals surface area contributed by atoms with E-state index in [2.05, 4.69) is 17.2 Å². The zero-order valence-electron chi connectivity index (χ0n) is 9.61. The third-order valence-electron chi connectivity index (χ3n) is 2.53. The van der Waals surface area contributed by atoms with E-state index in [0.29, 0.717) is 12.6 Å². The summed E-state index contributed by atoms with van der Waals surface area (Å²) < 4.78 is 2.03. The molecule has 0 saturated carbocycles. The average Bonchev–Trinajstić information content (AvgIpc) is 2.64. The van der Waals surface area contributed by atoms with Crippen LogP contribution in [0.25, 0.3) is 0 Å². The van der Waals surface area contributed by atoms with Crippen LogP contribution in [0.3, 0.4) is 0 Å². The Morgan fingerprint density at radius 2 is 2.27 bits per heavy atom. The van der Waals surface area contributed by atoms with Gasteiger partial charge in [-0.1, -0.05) is 0 Å². The number of unbranched alkanes of at least 4 members (excludes halogenated alkanes) is 2. The van der Waals surface area contributed by atoms with Crippen LogP contribution in [0.15, 0.2) is 12.4 Å². The van der Waals surface area contributed by atoms with Gasteiger partial charge >= 0.3 is 0 Å². The van der Waals surface area contributed by atoms with Crippen molar-refractivity contribution in [1.82, 2.24) is 14.9 Å². The fourth-order valence-corrected chi connectivity index (χ4v) is 1.62.